The van der Waals surface area contributed by atoms with E-state index in [4.69, 9.17) is 4.74 Å². The number of nitrogens with one attached hydrogen (secondary N) is 1. The first kappa shape index (κ1) is 22.7. The molecule has 3 rings (SSSR count). The lowest BCUT2D eigenvalue weighted by Gasteiger charge is -2.10. The number of pyridine rings is 1. The van der Waals surface area contributed by atoms with Crippen LogP contribution in [0.3, 0.4) is 0 Å². The molecule has 166 valence electrons. The molecule has 3 aromatic heterocycles. The molecule has 0 aliphatic carbocycles. The average Bonchev–Trinajstić information content (AvgIpc) is 3.10. The molecule has 3 heterocycles. The maximum atomic E-state index is 13.5. The number of fused-ring (bicyclic) bond motifs is 1. The molecule has 1 N–H and O–H groups in total. The van der Waals surface area contributed by atoms with Crippen molar-refractivity contribution < 1.29 is 27.5 Å². The van der Waals surface area contributed by atoms with Crippen molar-refractivity contribution in [3.05, 3.63) is 39.0 Å². The zero-order valence-corrected chi connectivity index (χ0v) is 18.4. The second kappa shape index (κ2) is 8.29. The van der Waals surface area contributed by atoms with Gasteiger partial charge in [-0.3, -0.25) is 4.79 Å². The number of anilines is 1. The third-order valence-electron chi connectivity index (χ3n) is 4.72. The van der Waals surface area contributed by atoms with Crippen molar-refractivity contribution in [3.63, 3.8) is 0 Å². The highest BCUT2D eigenvalue weighted by Gasteiger charge is 2.35. The van der Waals surface area contributed by atoms with E-state index in [1.54, 1.807) is 13.8 Å². The Morgan fingerprint density at radius 1 is 1.23 bits per heavy atom. The number of carbonyl (C=O) groups is 2. The number of aromatic nitrogens is 3. The Balaban J connectivity index is 1.95. The van der Waals surface area contributed by atoms with Gasteiger partial charge >= 0.3 is 12.1 Å². The van der Waals surface area contributed by atoms with Crippen LogP contribution in [0.25, 0.3) is 11.0 Å². The molecule has 0 bridgehead atoms. The van der Waals surface area contributed by atoms with Crippen molar-refractivity contribution in [3.8, 4) is 0 Å². The van der Waals surface area contributed by atoms with Crippen LogP contribution in [0.15, 0.2) is 6.07 Å². The van der Waals surface area contributed by atoms with Gasteiger partial charge in [0.15, 0.2) is 5.65 Å². The highest BCUT2D eigenvalue weighted by Crippen LogP contribution is 2.36. The van der Waals surface area contributed by atoms with Gasteiger partial charge < -0.3 is 10.1 Å². The smallest absolute Gasteiger partial charge is 0.417 e. The molecule has 0 aliphatic rings. The van der Waals surface area contributed by atoms with E-state index < -0.39 is 23.6 Å². The van der Waals surface area contributed by atoms with Crippen LogP contribution < -0.4 is 5.32 Å². The number of aryl methyl sites for hydroxylation is 3. The zero-order valence-electron chi connectivity index (χ0n) is 17.6. The maximum Gasteiger partial charge on any atom is 0.417 e. The first-order valence-corrected chi connectivity index (χ1v) is 10.2. The summed E-state index contributed by atoms with van der Waals surface area (Å²) in [6, 6.07) is 0.963. The molecule has 0 aliphatic heterocycles. The van der Waals surface area contributed by atoms with Crippen LogP contribution in [0.2, 0.25) is 0 Å². The molecule has 0 saturated heterocycles. The number of hydrogen-bond donors (Lipinski definition) is 1. The predicted molar refractivity (Wildman–Crippen MR) is 110 cm³/mol. The van der Waals surface area contributed by atoms with Crippen LogP contribution in [-0.4, -0.2) is 33.2 Å². The van der Waals surface area contributed by atoms with E-state index in [1.807, 2.05) is 6.92 Å². The SMILES string of the molecule is CCOC(=O)c1c(NC(=O)Cn2nc(C)c3c(C(F)(F)F)cc(C)nc32)sc(C)c1C. The van der Waals surface area contributed by atoms with Crippen molar-refractivity contribution >= 4 is 39.2 Å². The highest BCUT2D eigenvalue weighted by molar-refractivity contribution is 7.16. The molecule has 0 unspecified atom stereocenters. The van der Waals surface area contributed by atoms with Crippen molar-refractivity contribution in [1.82, 2.24) is 14.8 Å². The molecule has 3 aromatic rings. The summed E-state index contributed by atoms with van der Waals surface area (Å²) < 4.78 is 46.6. The van der Waals surface area contributed by atoms with Crippen molar-refractivity contribution in [2.45, 2.75) is 47.3 Å². The molecule has 7 nitrogen and oxygen atoms in total. The van der Waals surface area contributed by atoms with Gasteiger partial charge in [0.05, 0.1) is 28.8 Å². The Hall–Kier alpha value is -2.95. The fourth-order valence-corrected chi connectivity index (χ4v) is 4.34. The standard InChI is InChI=1S/C20H21F3N4O3S/c1-6-30-19(29)15-10(3)12(5)31-18(15)25-14(28)8-27-17-16(11(4)26-27)13(20(21,22)23)7-9(2)24-17/h7H,6,8H2,1-5H3,(H,25,28). The summed E-state index contributed by atoms with van der Waals surface area (Å²) in [7, 11) is 0. The predicted octanol–water partition coefficient (Wildman–Crippen LogP) is 4.56. The van der Waals surface area contributed by atoms with Crippen LogP contribution >= 0.6 is 11.3 Å². The van der Waals surface area contributed by atoms with E-state index in [-0.39, 0.29) is 41.1 Å². The van der Waals surface area contributed by atoms with Gasteiger partial charge in [-0.15, -0.1) is 11.3 Å². The summed E-state index contributed by atoms with van der Waals surface area (Å²) in [5, 5.41) is 6.95. The number of amides is 1. The van der Waals surface area contributed by atoms with Crippen LogP contribution in [0, 0.1) is 27.7 Å². The molecule has 11 heteroatoms. The van der Waals surface area contributed by atoms with E-state index in [0.29, 0.717) is 10.6 Å². The topological polar surface area (TPSA) is 86.1 Å². The van der Waals surface area contributed by atoms with E-state index in [2.05, 4.69) is 15.4 Å². The first-order chi connectivity index (χ1) is 14.4. The van der Waals surface area contributed by atoms with E-state index in [0.717, 1.165) is 15.6 Å². The van der Waals surface area contributed by atoms with Gasteiger partial charge in [0, 0.05) is 10.6 Å². The van der Waals surface area contributed by atoms with Gasteiger partial charge in [0.25, 0.3) is 0 Å². The number of ether oxygens (including phenoxy) is 1. The largest absolute Gasteiger partial charge is 0.462 e. The fourth-order valence-electron chi connectivity index (χ4n) is 3.28. The van der Waals surface area contributed by atoms with Crippen molar-refractivity contribution in [1.29, 1.82) is 0 Å². The summed E-state index contributed by atoms with van der Waals surface area (Å²) in [5.41, 5.74) is 0.393. The molecular weight excluding hydrogens is 433 g/mol. The van der Waals surface area contributed by atoms with E-state index in [9.17, 15) is 22.8 Å². The summed E-state index contributed by atoms with van der Waals surface area (Å²) in [6.45, 7) is 7.96. The number of alkyl halides is 3. The van der Waals surface area contributed by atoms with E-state index >= 15 is 0 Å². The Labute approximate surface area is 180 Å². The number of rotatable bonds is 5. The molecule has 0 saturated carbocycles. The number of halogens is 3. The molecule has 1 amide bonds. The second-order valence-electron chi connectivity index (χ2n) is 7.01. The Bertz CT molecular complexity index is 1180. The van der Waals surface area contributed by atoms with Gasteiger partial charge in [-0.2, -0.15) is 18.3 Å². The van der Waals surface area contributed by atoms with Gasteiger partial charge in [-0.25, -0.2) is 14.5 Å². The number of esters is 1. The maximum absolute atomic E-state index is 13.5. The van der Waals surface area contributed by atoms with Gasteiger partial charge in [0.1, 0.15) is 11.5 Å². The van der Waals surface area contributed by atoms with Gasteiger partial charge in [-0.1, -0.05) is 0 Å². The molecule has 0 radical (unpaired) electrons. The van der Waals surface area contributed by atoms with Crippen molar-refractivity contribution in [2.75, 3.05) is 11.9 Å². The minimum absolute atomic E-state index is 0.0240. The van der Waals surface area contributed by atoms with Crippen LogP contribution in [0.1, 0.15) is 44.7 Å². The summed E-state index contributed by atoms with van der Waals surface area (Å²) in [5.74, 6) is -1.10. The minimum atomic E-state index is -4.58. The van der Waals surface area contributed by atoms with Gasteiger partial charge in [-0.05, 0) is 46.2 Å². The number of hydrogen-bond acceptors (Lipinski definition) is 6. The molecule has 0 spiro atoms. The van der Waals surface area contributed by atoms with Crippen LogP contribution in [-0.2, 0) is 22.3 Å². The van der Waals surface area contributed by atoms with E-state index in [1.165, 1.54) is 25.2 Å². The molecule has 31 heavy (non-hydrogen) atoms. The third kappa shape index (κ3) is 4.41. The third-order valence-corrected chi connectivity index (χ3v) is 5.84. The quantitative estimate of drug-likeness (QED) is 0.571. The molecule has 0 fully saturated rings. The second-order valence-corrected chi connectivity index (χ2v) is 8.23. The average molecular weight is 454 g/mol. The lowest BCUT2D eigenvalue weighted by molar-refractivity contribution is -0.136. The van der Waals surface area contributed by atoms with Crippen LogP contribution in [0.5, 0.6) is 0 Å². The first-order valence-electron chi connectivity index (χ1n) is 9.42. The number of thiophene rings is 1. The zero-order chi connectivity index (χ0) is 23.1. The Morgan fingerprint density at radius 3 is 2.52 bits per heavy atom. The number of nitrogens with zero attached hydrogens (tertiary/aromatic N) is 3. The Morgan fingerprint density at radius 2 is 1.90 bits per heavy atom. The lowest BCUT2D eigenvalue weighted by Crippen LogP contribution is -2.21. The fraction of sp³-hybridized carbons (Fsp3) is 0.400. The van der Waals surface area contributed by atoms with Crippen molar-refractivity contribution in [2.24, 2.45) is 0 Å². The lowest BCUT2D eigenvalue weighted by atomic mass is 10.1. The summed E-state index contributed by atoms with van der Waals surface area (Å²) >= 11 is 1.22. The normalized spacial score (nSPS) is 11.7. The monoisotopic (exact) mass is 454 g/mol. The van der Waals surface area contributed by atoms with Crippen LogP contribution in [0.4, 0.5) is 18.2 Å². The minimum Gasteiger partial charge on any atom is -0.462 e. The summed E-state index contributed by atoms with van der Waals surface area (Å²) in [4.78, 5) is 30.0. The molecule has 0 atom stereocenters. The molecular formula is C20H21F3N4O3S. The number of carbonyl (C=O) groups excluding carboxylic acids is 2. The van der Waals surface area contributed by atoms with Gasteiger partial charge in [0.2, 0.25) is 5.91 Å². The molecule has 0 aromatic carbocycles. The highest BCUT2D eigenvalue weighted by atomic mass is 32.1. The summed E-state index contributed by atoms with van der Waals surface area (Å²) in [6.07, 6.45) is -4.58. The Kier molecular flexibility index (Phi) is 6.08.